The summed E-state index contributed by atoms with van der Waals surface area (Å²) in [6.07, 6.45) is 0. The van der Waals surface area contributed by atoms with Gasteiger partial charge in [-0.1, -0.05) is 18.2 Å². The van der Waals surface area contributed by atoms with Crippen molar-refractivity contribution in [3.05, 3.63) is 87.0 Å². The Morgan fingerprint density at radius 3 is 2.25 bits per heavy atom. The van der Waals surface area contributed by atoms with Crippen LogP contribution in [0.15, 0.2) is 54.6 Å². The molecular formula is C20H12N2O6. The van der Waals surface area contributed by atoms with Crippen LogP contribution in [0.25, 0.3) is 0 Å². The average molecular weight is 376 g/mol. The summed E-state index contributed by atoms with van der Waals surface area (Å²) in [6, 6.07) is 13.1. The first-order valence-electron chi connectivity index (χ1n) is 8.17. The van der Waals surface area contributed by atoms with Crippen molar-refractivity contribution in [3.63, 3.8) is 0 Å². The number of carbonyl (C=O) groups is 2. The van der Waals surface area contributed by atoms with E-state index in [0.29, 0.717) is 5.69 Å². The number of nitro groups is 1. The molecule has 0 saturated heterocycles. The fourth-order valence-electron chi connectivity index (χ4n) is 3.16. The van der Waals surface area contributed by atoms with Gasteiger partial charge >= 0.3 is 0 Å². The van der Waals surface area contributed by atoms with Gasteiger partial charge in [-0.05, 0) is 24.3 Å². The normalized spacial score (nSPS) is 12.3. The molecule has 0 bridgehead atoms. The summed E-state index contributed by atoms with van der Waals surface area (Å²) in [7, 11) is 0. The molecule has 0 radical (unpaired) electrons. The lowest BCUT2D eigenvalue weighted by molar-refractivity contribution is -0.384. The second kappa shape index (κ2) is 6.20. The van der Waals surface area contributed by atoms with Crippen LogP contribution in [-0.2, 0) is 0 Å². The zero-order chi connectivity index (χ0) is 20.0. The summed E-state index contributed by atoms with van der Waals surface area (Å²) >= 11 is 0. The van der Waals surface area contributed by atoms with E-state index in [2.05, 4.69) is 5.32 Å². The van der Waals surface area contributed by atoms with Gasteiger partial charge in [0.1, 0.15) is 11.4 Å². The Kier molecular flexibility index (Phi) is 3.82. The molecule has 0 unspecified atom stereocenters. The number of nitrogens with one attached hydrogen (secondary N) is 1. The Labute approximate surface area is 157 Å². The maximum absolute atomic E-state index is 12.9. The number of aromatic hydroxyl groups is 2. The SMILES string of the molecule is O=C1c2ccc([N+](=O)[O-])cc2C(=O)c2c1cc(O)c(Nc1ccccc1)c2O. The van der Waals surface area contributed by atoms with Crippen molar-refractivity contribution in [1.29, 1.82) is 0 Å². The van der Waals surface area contributed by atoms with E-state index in [4.69, 9.17) is 0 Å². The first kappa shape index (κ1) is 17.2. The van der Waals surface area contributed by atoms with Crippen LogP contribution in [0.1, 0.15) is 31.8 Å². The van der Waals surface area contributed by atoms with Crippen LogP contribution in [0.3, 0.4) is 0 Å². The molecule has 0 heterocycles. The first-order valence-corrected chi connectivity index (χ1v) is 8.17. The number of hydrogen-bond donors (Lipinski definition) is 3. The summed E-state index contributed by atoms with van der Waals surface area (Å²) in [6.45, 7) is 0. The average Bonchev–Trinajstić information content (AvgIpc) is 2.69. The van der Waals surface area contributed by atoms with Gasteiger partial charge in [-0.25, -0.2) is 0 Å². The Bertz CT molecular complexity index is 1170. The standard InChI is InChI=1S/C20H12N2O6/c23-15-9-14-16(20(26)17(15)21-10-4-2-1-3-5-10)19(25)13-8-11(22(27)28)6-7-12(13)18(14)24/h1-9,21,23,26H. The summed E-state index contributed by atoms with van der Waals surface area (Å²) in [4.78, 5) is 36.0. The Morgan fingerprint density at radius 1 is 0.857 bits per heavy atom. The van der Waals surface area contributed by atoms with Crippen LogP contribution in [-0.4, -0.2) is 26.7 Å². The lowest BCUT2D eigenvalue weighted by Crippen LogP contribution is -2.21. The highest BCUT2D eigenvalue weighted by Crippen LogP contribution is 2.44. The van der Waals surface area contributed by atoms with E-state index in [0.717, 1.165) is 18.2 Å². The molecule has 0 atom stereocenters. The number of rotatable bonds is 3. The van der Waals surface area contributed by atoms with Gasteiger partial charge in [0.15, 0.2) is 17.3 Å². The minimum Gasteiger partial charge on any atom is -0.506 e. The fourth-order valence-corrected chi connectivity index (χ4v) is 3.16. The third-order valence-electron chi connectivity index (χ3n) is 4.50. The van der Waals surface area contributed by atoms with Crippen LogP contribution in [0, 0.1) is 10.1 Å². The van der Waals surface area contributed by atoms with Crippen LogP contribution < -0.4 is 5.32 Å². The van der Waals surface area contributed by atoms with Crippen molar-refractivity contribution < 1.29 is 24.7 Å². The number of phenolic OH excluding ortho intramolecular Hbond substituents is 2. The molecule has 3 aromatic rings. The molecule has 4 rings (SSSR count). The minimum atomic E-state index is -0.734. The molecule has 1 aliphatic rings. The molecule has 138 valence electrons. The summed E-state index contributed by atoms with van der Waals surface area (Å²) in [5, 5.41) is 34.8. The van der Waals surface area contributed by atoms with Crippen LogP contribution in [0.5, 0.6) is 11.5 Å². The van der Waals surface area contributed by atoms with Gasteiger partial charge in [-0.3, -0.25) is 19.7 Å². The van der Waals surface area contributed by atoms with Gasteiger partial charge in [0.25, 0.3) is 5.69 Å². The van der Waals surface area contributed by atoms with E-state index in [1.807, 2.05) is 0 Å². The molecule has 0 aromatic heterocycles. The van der Waals surface area contributed by atoms with Crippen molar-refractivity contribution in [2.75, 3.05) is 5.32 Å². The van der Waals surface area contributed by atoms with Gasteiger partial charge in [-0.15, -0.1) is 0 Å². The predicted molar refractivity (Wildman–Crippen MR) is 99.5 cm³/mol. The lowest BCUT2D eigenvalue weighted by atomic mass is 9.82. The highest BCUT2D eigenvalue weighted by atomic mass is 16.6. The number of phenols is 2. The van der Waals surface area contributed by atoms with Crippen molar-refractivity contribution in [3.8, 4) is 11.5 Å². The molecule has 0 saturated carbocycles. The number of non-ortho nitro benzene ring substituents is 1. The summed E-state index contributed by atoms with van der Waals surface area (Å²) in [5.41, 5.74) is -0.610. The number of carbonyl (C=O) groups excluding carboxylic acids is 2. The molecule has 0 aliphatic heterocycles. The molecule has 8 heteroatoms. The second-order valence-electron chi connectivity index (χ2n) is 6.18. The van der Waals surface area contributed by atoms with Gasteiger partial charge in [0, 0.05) is 34.5 Å². The zero-order valence-corrected chi connectivity index (χ0v) is 14.2. The topological polar surface area (TPSA) is 130 Å². The molecule has 3 aromatic carbocycles. The third kappa shape index (κ3) is 2.55. The van der Waals surface area contributed by atoms with Gasteiger partial charge < -0.3 is 15.5 Å². The van der Waals surface area contributed by atoms with E-state index in [1.54, 1.807) is 30.3 Å². The van der Waals surface area contributed by atoms with Crippen LogP contribution in [0.4, 0.5) is 17.1 Å². The molecule has 0 fully saturated rings. The number of para-hydroxylation sites is 1. The number of hydrogen-bond acceptors (Lipinski definition) is 7. The van der Waals surface area contributed by atoms with Gasteiger partial charge in [-0.2, -0.15) is 0 Å². The fraction of sp³-hybridized carbons (Fsp3) is 0. The Morgan fingerprint density at radius 2 is 1.57 bits per heavy atom. The summed E-state index contributed by atoms with van der Waals surface area (Å²) < 4.78 is 0. The van der Waals surface area contributed by atoms with Crippen molar-refractivity contribution in [2.45, 2.75) is 0 Å². The number of ketones is 2. The van der Waals surface area contributed by atoms with Crippen LogP contribution in [0.2, 0.25) is 0 Å². The largest absolute Gasteiger partial charge is 0.506 e. The zero-order valence-electron chi connectivity index (χ0n) is 14.2. The minimum absolute atomic E-state index is 0.0225. The predicted octanol–water partition coefficient (Wildman–Crippen LogP) is 3.53. The second-order valence-corrected chi connectivity index (χ2v) is 6.18. The Balaban J connectivity index is 1.89. The number of fused-ring (bicyclic) bond motifs is 2. The molecule has 28 heavy (non-hydrogen) atoms. The third-order valence-corrected chi connectivity index (χ3v) is 4.50. The molecule has 0 amide bonds. The maximum Gasteiger partial charge on any atom is 0.270 e. The van der Waals surface area contributed by atoms with Crippen molar-refractivity contribution in [2.24, 2.45) is 0 Å². The number of nitro benzene ring substituents is 1. The molecule has 3 N–H and O–H groups in total. The van der Waals surface area contributed by atoms with Crippen molar-refractivity contribution >= 4 is 28.6 Å². The molecule has 0 spiro atoms. The van der Waals surface area contributed by atoms with Crippen LogP contribution >= 0.6 is 0 Å². The van der Waals surface area contributed by atoms with E-state index in [9.17, 15) is 29.9 Å². The van der Waals surface area contributed by atoms with Gasteiger partial charge in [0.05, 0.1) is 10.5 Å². The molecule has 1 aliphatic carbocycles. The highest BCUT2D eigenvalue weighted by Gasteiger charge is 2.35. The highest BCUT2D eigenvalue weighted by molar-refractivity contribution is 6.30. The number of nitrogens with zero attached hydrogens (tertiary/aromatic N) is 1. The number of anilines is 2. The first-order chi connectivity index (χ1) is 13.4. The van der Waals surface area contributed by atoms with E-state index >= 15 is 0 Å². The molecule has 8 nitrogen and oxygen atoms in total. The van der Waals surface area contributed by atoms with Crippen molar-refractivity contribution in [1.82, 2.24) is 0 Å². The maximum atomic E-state index is 12.9. The molecular weight excluding hydrogens is 364 g/mol. The van der Waals surface area contributed by atoms with E-state index in [1.165, 1.54) is 6.07 Å². The quantitative estimate of drug-likeness (QED) is 0.283. The van der Waals surface area contributed by atoms with Gasteiger partial charge in [0.2, 0.25) is 0 Å². The van der Waals surface area contributed by atoms with E-state index < -0.39 is 28.0 Å². The lowest BCUT2D eigenvalue weighted by Gasteiger charge is -2.21. The summed E-state index contributed by atoms with van der Waals surface area (Å²) in [5.74, 6) is -2.36. The monoisotopic (exact) mass is 376 g/mol. The van der Waals surface area contributed by atoms with E-state index in [-0.39, 0.29) is 33.6 Å². The Hall–Kier alpha value is -4.20. The smallest absolute Gasteiger partial charge is 0.270 e. The number of benzene rings is 3.